The van der Waals surface area contributed by atoms with Gasteiger partial charge in [0, 0.05) is 18.8 Å². The van der Waals surface area contributed by atoms with E-state index in [4.69, 9.17) is 9.47 Å². The van der Waals surface area contributed by atoms with Crippen LogP contribution in [0.15, 0.2) is 23.3 Å². The van der Waals surface area contributed by atoms with E-state index in [2.05, 4.69) is 27.4 Å². The summed E-state index contributed by atoms with van der Waals surface area (Å²) in [5.74, 6) is 1.70. The Morgan fingerprint density at radius 1 is 1.29 bits per heavy atom. The van der Waals surface area contributed by atoms with E-state index < -0.39 is 0 Å². The second kappa shape index (κ2) is 5.45. The molecule has 4 aliphatic rings. The lowest BCUT2D eigenvalue weighted by Crippen LogP contribution is -2.47. The molecule has 1 saturated heterocycles. The second-order valence-corrected chi connectivity index (χ2v) is 8.89. The largest absolute Gasteiger partial charge is 0.462 e. The Labute approximate surface area is 145 Å². The zero-order valence-electron chi connectivity index (χ0n) is 15.4. The number of hydrogen-bond donors (Lipinski definition) is 0. The number of hydrogen-bond acceptors (Lipinski definition) is 3. The van der Waals surface area contributed by atoms with Crippen LogP contribution in [-0.4, -0.2) is 23.8 Å². The van der Waals surface area contributed by atoms with Crippen LogP contribution < -0.4 is 0 Å². The summed E-state index contributed by atoms with van der Waals surface area (Å²) in [5, 5.41) is 0. The molecule has 0 aromatic carbocycles. The van der Waals surface area contributed by atoms with Crippen LogP contribution in [0.5, 0.6) is 0 Å². The molecule has 3 aliphatic carbocycles. The molecule has 24 heavy (non-hydrogen) atoms. The van der Waals surface area contributed by atoms with Crippen molar-refractivity contribution >= 4 is 5.97 Å². The fraction of sp³-hybridized carbons (Fsp3) is 0.762. The average Bonchev–Trinajstić information content (AvgIpc) is 3.12. The summed E-state index contributed by atoms with van der Waals surface area (Å²) in [4.78, 5) is 11.7. The number of ether oxygens (including phenoxy) is 2. The Hall–Kier alpha value is -1.09. The molecule has 0 radical (unpaired) electrons. The highest BCUT2D eigenvalue weighted by Gasteiger charge is 2.61. The van der Waals surface area contributed by atoms with E-state index in [0.29, 0.717) is 17.8 Å². The minimum Gasteiger partial charge on any atom is -0.462 e. The fourth-order valence-electron chi connectivity index (χ4n) is 5.76. The van der Waals surface area contributed by atoms with E-state index in [-0.39, 0.29) is 29.7 Å². The smallest absolute Gasteiger partial charge is 0.302 e. The first-order chi connectivity index (χ1) is 11.3. The fourth-order valence-corrected chi connectivity index (χ4v) is 5.76. The molecular formula is C21H30O3. The van der Waals surface area contributed by atoms with Gasteiger partial charge in [-0.3, -0.25) is 4.79 Å². The topological polar surface area (TPSA) is 38.8 Å². The number of carbonyl (C=O) groups is 1. The van der Waals surface area contributed by atoms with Gasteiger partial charge in [0.1, 0.15) is 6.10 Å². The molecule has 6 atom stereocenters. The molecule has 132 valence electrons. The van der Waals surface area contributed by atoms with E-state index in [0.717, 1.165) is 12.8 Å². The van der Waals surface area contributed by atoms with Crippen LogP contribution in [0.1, 0.15) is 59.8 Å². The molecule has 1 heterocycles. The molecule has 2 fully saturated rings. The highest BCUT2D eigenvalue weighted by Crippen LogP contribution is 2.59. The van der Waals surface area contributed by atoms with Crippen molar-refractivity contribution in [3.05, 3.63) is 23.3 Å². The van der Waals surface area contributed by atoms with Gasteiger partial charge >= 0.3 is 5.97 Å². The molecule has 3 nitrogen and oxygen atoms in total. The molecule has 1 saturated carbocycles. The van der Waals surface area contributed by atoms with E-state index in [1.165, 1.54) is 31.8 Å². The van der Waals surface area contributed by atoms with Crippen LogP contribution in [-0.2, 0) is 14.3 Å². The van der Waals surface area contributed by atoms with Crippen molar-refractivity contribution in [2.24, 2.45) is 23.7 Å². The van der Waals surface area contributed by atoms with Gasteiger partial charge in [-0.15, -0.1) is 0 Å². The number of esters is 1. The van der Waals surface area contributed by atoms with E-state index >= 15 is 0 Å². The molecule has 3 heteroatoms. The number of carbonyl (C=O) groups excluding carboxylic acids is 1. The Morgan fingerprint density at radius 3 is 2.62 bits per heavy atom. The number of allylic oxidation sites excluding steroid dienone is 3. The van der Waals surface area contributed by atoms with Crippen molar-refractivity contribution in [1.29, 1.82) is 0 Å². The Morgan fingerprint density at radius 2 is 2.00 bits per heavy atom. The van der Waals surface area contributed by atoms with Gasteiger partial charge in [0.2, 0.25) is 0 Å². The van der Waals surface area contributed by atoms with Crippen LogP contribution in [0, 0.1) is 23.7 Å². The standard InChI is InChI=1S/C21H30O3/c1-11-6-8-14-10-16(23-13(3)22)19(20-21(4,5)24-20)17-12(2)7-9-15(11)18(14)17/h11,14,16-17,19-20H,2,6-10H2,1,3-5H3/t11-,14+,16-,17+,19?,20+/m1/s1. The second-order valence-electron chi connectivity index (χ2n) is 8.89. The Kier molecular flexibility index (Phi) is 3.72. The predicted molar refractivity (Wildman–Crippen MR) is 93.4 cm³/mol. The van der Waals surface area contributed by atoms with Gasteiger partial charge in [-0.05, 0) is 57.8 Å². The predicted octanol–water partition coefficient (Wildman–Crippen LogP) is 4.42. The summed E-state index contributed by atoms with van der Waals surface area (Å²) >= 11 is 0. The lowest BCUT2D eigenvalue weighted by Gasteiger charge is -2.50. The first-order valence-electron chi connectivity index (χ1n) is 9.55. The molecule has 0 amide bonds. The van der Waals surface area contributed by atoms with Crippen molar-refractivity contribution in [3.63, 3.8) is 0 Å². The van der Waals surface area contributed by atoms with Gasteiger partial charge in [-0.2, -0.15) is 0 Å². The number of rotatable bonds is 2. The van der Waals surface area contributed by atoms with Gasteiger partial charge in [0.05, 0.1) is 11.7 Å². The van der Waals surface area contributed by atoms with Crippen molar-refractivity contribution in [3.8, 4) is 0 Å². The maximum absolute atomic E-state index is 11.7. The van der Waals surface area contributed by atoms with Crippen molar-refractivity contribution in [2.75, 3.05) is 0 Å². The normalized spacial score (nSPS) is 43.2. The lowest BCUT2D eigenvalue weighted by atomic mass is 9.56. The summed E-state index contributed by atoms with van der Waals surface area (Å²) < 4.78 is 11.9. The Bertz CT molecular complexity index is 615. The molecule has 4 rings (SSSR count). The third-order valence-electron chi connectivity index (χ3n) is 6.90. The minimum atomic E-state index is -0.165. The van der Waals surface area contributed by atoms with E-state index in [1.54, 1.807) is 11.1 Å². The van der Waals surface area contributed by atoms with Gasteiger partial charge < -0.3 is 9.47 Å². The van der Waals surface area contributed by atoms with Crippen LogP contribution in [0.3, 0.4) is 0 Å². The summed E-state index contributed by atoms with van der Waals surface area (Å²) in [6, 6.07) is 0. The molecular weight excluding hydrogens is 300 g/mol. The molecule has 0 N–H and O–H groups in total. The molecule has 0 aromatic rings. The highest BCUT2D eigenvalue weighted by atomic mass is 16.6. The van der Waals surface area contributed by atoms with Gasteiger partial charge in [0.25, 0.3) is 0 Å². The molecule has 0 spiro atoms. The van der Waals surface area contributed by atoms with Crippen molar-refractivity contribution in [2.45, 2.75) is 77.6 Å². The zero-order valence-corrected chi connectivity index (χ0v) is 15.4. The average molecular weight is 330 g/mol. The molecule has 0 aromatic heterocycles. The molecule has 1 unspecified atom stereocenters. The zero-order chi connectivity index (χ0) is 17.2. The van der Waals surface area contributed by atoms with Crippen LogP contribution in [0.2, 0.25) is 0 Å². The molecule has 1 aliphatic heterocycles. The van der Waals surface area contributed by atoms with Gasteiger partial charge in [-0.25, -0.2) is 0 Å². The van der Waals surface area contributed by atoms with E-state index in [1.807, 2.05) is 0 Å². The summed E-state index contributed by atoms with van der Waals surface area (Å²) in [6.07, 6.45) is 5.87. The molecule has 0 bridgehead atoms. The van der Waals surface area contributed by atoms with Crippen LogP contribution >= 0.6 is 0 Å². The quantitative estimate of drug-likeness (QED) is 0.427. The monoisotopic (exact) mass is 330 g/mol. The minimum absolute atomic E-state index is 0.0301. The van der Waals surface area contributed by atoms with Gasteiger partial charge in [0.15, 0.2) is 0 Å². The maximum Gasteiger partial charge on any atom is 0.302 e. The van der Waals surface area contributed by atoms with E-state index in [9.17, 15) is 4.79 Å². The lowest BCUT2D eigenvalue weighted by molar-refractivity contribution is -0.153. The van der Waals surface area contributed by atoms with Crippen molar-refractivity contribution < 1.29 is 14.3 Å². The van der Waals surface area contributed by atoms with Crippen LogP contribution in [0.25, 0.3) is 0 Å². The summed E-state index contributed by atoms with van der Waals surface area (Å²) in [6.45, 7) is 12.7. The summed E-state index contributed by atoms with van der Waals surface area (Å²) in [5.41, 5.74) is 4.58. The summed E-state index contributed by atoms with van der Waals surface area (Å²) in [7, 11) is 0. The SMILES string of the molecule is C=C1CCC2=C3[C@@H](CC[C@H]2C)C[C@@H](OC(C)=O)C([C@@H]2OC2(C)C)[C@@H]13. The third-order valence-corrected chi connectivity index (χ3v) is 6.90. The van der Waals surface area contributed by atoms with Crippen molar-refractivity contribution in [1.82, 2.24) is 0 Å². The first kappa shape index (κ1) is 16.4. The van der Waals surface area contributed by atoms with Gasteiger partial charge in [-0.1, -0.05) is 30.2 Å². The first-order valence-corrected chi connectivity index (χ1v) is 9.55. The third kappa shape index (κ3) is 2.47. The van der Waals surface area contributed by atoms with Crippen LogP contribution in [0.4, 0.5) is 0 Å². The maximum atomic E-state index is 11.7. The Balaban J connectivity index is 1.77. The highest BCUT2D eigenvalue weighted by molar-refractivity contribution is 5.66. The number of epoxide rings is 1.